The molecule has 28 valence electrons. The summed E-state index contributed by atoms with van der Waals surface area (Å²) >= 11 is 0. The molecule has 3 N–H and O–H groups in total. The van der Waals surface area contributed by atoms with Gasteiger partial charge in [0.2, 0.25) is 0 Å². The number of hydrogen-bond donors (Lipinski definition) is 3. The summed E-state index contributed by atoms with van der Waals surface area (Å²) in [6.45, 7) is 0. The van der Waals surface area contributed by atoms with E-state index in [1.807, 2.05) is 0 Å². The van der Waals surface area contributed by atoms with Crippen molar-refractivity contribution >= 4 is 7.32 Å². The molecular formula is H6BCsO3. The summed E-state index contributed by atoms with van der Waals surface area (Å²) in [5.41, 5.74) is 0. The van der Waals surface area contributed by atoms with Crippen LogP contribution in [0.5, 0.6) is 0 Å². The van der Waals surface area contributed by atoms with Gasteiger partial charge in [-0.15, -0.1) is 0 Å². The maximum absolute atomic E-state index is 7.17. The molecule has 0 fully saturated rings. The van der Waals surface area contributed by atoms with Crippen LogP contribution in [-0.4, -0.2) is 22.4 Å². The van der Waals surface area contributed by atoms with Crippen molar-refractivity contribution in [1.29, 1.82) is 0 Å². The molecule has 0 amide bonds. The van der Waals surface area contributed by atoms with Crippen LogP contribution >= 0.6 is 0 Å². The van der Waals surface area contributed by atoms with E-state index >= 15 is 0 Å². The molecular weight excluding hydrogens is 192 g/mol. The second-order valence-electron chi connectivity index (χ2n) is 0.346. The molecule has 0 aromatic rings. The van der Waals surface area contributed by atoms with Crippen molar-refractivity contribution in [3.63, 3.8) is 0 Å². The first-order valence-corrected chi connectivity index (χ1v) is 0.775. The fourth-order valence-corrected chi connectivity index (χ4v) is 0. The Morgan fingerprint density at radius 1 is 1.40 bits per heavy atom. The van der Waals surface area contributed by atoms with Crippen LogP contribution in [-0.2, 0) is 0 Å². The van der Waals surface area contributed by atoms with Crippen LogP contribution in [0.2, 0.25) is 0 Å². The van der Waals surface area contributed by atoms with Gasteiger partial charge in [0, 0.05) is 1.43 Å². The van der Waals surface area contributed by atoms with Crippen LogP contribution in [0.3, 0.4) is 0 Å². The Labute approximate surface area is 92.0 Å². The molecule has 0 aliphatic rings. The molecule has 0 saturated heterocycles. The second-order valence-corrected chi connectivity index (χ2v) is 0.346. The SMILES string of the molecule is OB(O)O.[Cs+].[H-].[HH]. The molecule has 0 spiro atoms. The molecule has 0 bridgehead atoms. The zero-order valence-corrected chi connectivity index (χ0v) is 9.20. The van der Waals surface area contributed by atoms with Crippen molar-refractivity contribution in [3.05, 3.63) is 0 Å². The van der Waals surface area contributed by atoms with E-state index in [2.05, 4.69) is 0 Å². The maximum atomic E-state index is 7.17. The van der Waals surface area contributed by atoms with E-state index < -0.39 is 7.32 Å². The summed E-state index contributed by atoms with van der Waals surface area (Å²) in [6, 6.07) is 0. The van der Waals surface area contributed by atoms with Crippen molar-refractivity contribution in [3.8, 4) is 0 Å². The average molecular weight is 198 g/mol. The maximum Gasteiger partial charge on any atom is 1.00 e. The summed E-state index contributed by atoms with van der Waals surface area (Å²) in [5, 5.41) is 21.5. The molecule has 0 aliphatic heterocycles. The third-order valence-electron chi connectivity index (χ3n) is 0. The van der Waals surface area contributed by atoms with Gasteiger partial charge in [0.05, 0.1) is 0 Å². The van der Waals surface area contributed by atoms with E-state index in [1.54, 1.807) is 0 Å². The van der Waals surface area contributed by atoms with Gasteiger partial charge in [-0.05, 0) is 0 Å². The van der Waals surface area contributed by atoms with E-state index in [1.165, 1.54) is 0 Å². The van der Waals surface area contributed by atoms with Gasteiger partial charge in [0.15, 0.2) is 0 Å². The standard InChI is InChI=1S/BH3O3.Cs.H2.H/c2-1(3)4;;;/h2-4H;;1H;/q;+1;;-1. The molecule has 0 aromatic heterocycles. The van der Waals surface area contributed by atoms with E-state index in [9.17, 15) is 0 Å². The first-order chi connectivity index (χ1) is 1.73. The minimum Gasteiger partial charge on any atom is -1.00 e. The van der Waals surface area contributed by atoms with E-state index in [4.69, 9.17) is 15.1 Å². The quantitative estimate of drug-likeness (QED) is 0.342. The normalized spacial score (nSPS) is 5.40. The van der Waals surface area contributed by atoms with Crippen LogP contribution < -0.4 is 68.9 Å². The fraction of sp³-hybridized carbons (Fsp3) is 0. The largest absolute Gasteiger partial charge is 1.00 e. The minimum absolute atomic E-state index is 0. The molecule has 0 unspecified atom stereocenters. The van der Waals surface area contributed by atoms with Crippen LogP contribution in [0, 0.1) is 0 Å². The molecule has 0 heterocycles. The Hall–Kier alpha value is 2.00. The first kappa shape index (κ1) is 10.1. The Morgan fingerprint density at radius 3 is 1.40 bits per heavy atom. The van der Waals surface area contributed by atoms with E-state index in [0.29, 0.717) is 0 Å². The average Bonchev–Trinajstić information content (AvgIpc) is 0.811. The number of rotatable bonds is 0. The van der Waals surface area contributed by atoms with Gasteiger partial charge in [-0.1, -0.05) is 0 Å². The smallest absolute Gasteiger partial charge is 1.00 e. The van der Waals surface area contributed by atoms with Crippen LogP contribution in [0.4, 0.5) is 0 Å². The first-order valence-electron chi connectivity index (χ1n) is 0.775. The Kier molecular flexibility index (Phi) is 12.1. The Morgan fingerprint density at radius 2 is 1.40 bits per heavy atom. The molecule has 0 radical (unpaired) electrons. The summed E-state index contributed by atoms with van der Waals surface area (Å²) in [4.78, 5) is 0. The third-order valence-corrected chi connectivity index (χ3v) is 0. The third kappa shape index (κ3) is 24.0. The van der Waals surface area contributed by atoms with Crippen LogP contribution in [0.25, 0.3) is 0 Å². The summed E-state index contributed by atoms with van der Waals surface area (Å²) in [5.74, 6) is 0. The predicted octanol–water partition coefficient (Wildman–Crippen LogP) is -4.69. The molecule has 5 heavy (non-hydrogen) atoms. The fourth-order valence-electron chi connectivity index (χ4n) is 0. The monoisotopic (exact) mass is 198 g/mol. The molecule has 0 aliphatic carbocycles. The van der Waals surface area contributed by atoms with Gasteiger partial charge in [-0.25, -0.2) is 0 Å². The van der Waals surface area contributed by atoms with Gasteiger partial charge >= 0.3 is 76.2 Å². The van der Waals surface area contributed by atoms with Crippen LogP contribution in [0.15, 0.2) is 0 Å². The molecule has 5 heteroatoms. The van der Waals surface area contributed by atoms with Gasteiger partial charge in [0.1, 0.15) is 0 Å². The van der Waals surface area contributed by atoms with Gasteiger partial charge in [-0.3, -0.25) is 0 Å². The van der Waals surface area contributed by atoms with Crippen LogP contribution in [0.1, 0.15) is 2.85 Å². The minimum atomic E-state index is -2.17. The topological polar surface area (TPSA) is 60.7 Å². The van der Waals surface area contributed by atoms with Crippen molar-refractivity contribution in [2.24, 2.45) is 0 Å². The Bertz CT molecular complexity index is 17.7. The molecule has 0 saturated carbocycles. The zero-order valence-electron chi connectivity index (χ0n) is 3.92. The summed E-state index contributed by atoms with van der Waals surface area (Å²) in [7, 11) is -2.17. The molecule has 0 rings (SSSR count). The van der Waals surface area contributed by atoms with Crippen molar-refractivity contribution in [2.75, 3.05) is 0 Å². The van der Waals surface area contributed by atoms with Gasteiger partial charge < -0.3 is 16.5 Å². The van der Waals surface area contributed by atoms with E-state index in [0.717, 1.165) is 0 Å². The molecule has 0 aromatic carbocycles. The summed E-state index contributed by atoms with van der Waals surface area (Å²) in [6.07, 6.45) is 0. The second kappa shape index (κ2) is 6.00. The van der Waals surface area contributed by atoms with E-state index in [-0.39, 0.29) is 71.7 Å². The van der Waals surface area contributed by atoms with Gasteiger partial charge in [0.25, 0.3) is 0 Å². The van der Waals surface area contributed by atoms with Crippen molar-refractivity contribution in [2.45, 2.75) is 0 Å². The van der Waals surface area contributed by atoms with Gasteiger partial charge in [-0.2, -0.15) is 0 Å². The molecule has 3 nitrogen and oxygen atoms in total. The summed E-state index contributed by atoms with van der Waals surface area (Å²) < 4.78 is 0. The number of hydrogen-bond acceptors (Lipinski definition) is 3. The van der Waals surface area contributed by atoms with Crippen molar-refractivity contribution in [1.82, 2.24) is 0 Å². The zero-order chi connectivity index (χ0) is 3.58. The van der Waals surface area contributed by atoms with Crippen molar-refractivity contribution < 1.29 is 86.8 Å². The Balaban J connectivity index is -0.0000000150. The predicted molar refractivity (Wildman–Crippen MR) is 15.6 cm³/mol. The molecule has 0 atom stereocenters.